The van der Waals surface area contributed by atoms with Gasteiger partial charge >= 0.3 is 0 Å². The van der Waals surface area contributed by atoms with Crippen molar-refractivity contribution in [2.24, 2.45) is 59.2 Å². The van der Waals surface area contributed by atoms with Gasteiger partial charge in [-0.15, -0.1) is 0 Å². The van der Waals surface area contributed by atoms with E-state index in [0.29, 0.717) is 0 Å². The van der Waals surface area contributed by atoms with Crippen molar-refractivity contribution < 1.29 is 0 Å². The van der Waals surface area contributed by atoms with E-state index in [1.54, 1.807) is 12.8 Å². The molecule has 0 spiro atoms. The third kappa shape index (κ3) is 0.444. The van der Waals surface area contributed by atoms with Crippen LogP contribution < -0.4 is 0 Å². The van der Waals surface area contributed by atoms with Gasteiger partial charge in [-0.2, -0.15) is 0 Å². The molecule has 0 aliphatic heterocycles. The van der Waals surface area contributed by atoms with Crippen molar-refractivity contribution in [3.05, 3.63) is 22.3 Å². The Kier molecular flexibility index (Phi) is 0.840. The summed E-state index contributed by atoms with van der Waals surface area (Å²) in [4.78, 5) is 0. The van der Waals surface area contributed by atoms with E-state index in [1.165, 1.54) is 60.2 Å². The molecule has 18 heavy (non-hydrogen) atoms. The highest BCUT2D eigenvalue weighted by Crippen LogP contribution is 2.90. The number of allylic oxidation sites excluding steroid dienone is 4. The molecule has 0 nitrogen and oxygen atoms in total. The van der Waals surface area contributed by atoms with E-state index in [2.05, 4.69) is 0 Å². The van der Waals surface area contributed by atoms with E-state index in [0.717, 1.165) is 11.8 Å². The van der Waals surface area contributed by atoms with E-state index < -0.39 is 0 Å². The maximum absolute atomic E-state index is 1.95. The van der Waals surface area contributed by atoms with Crippen LogP contribution in [0.2, 0.25) is 0 Å². The first-order valence-electron chi connectivity index (χ1n) is 8.43. The zero-order valence-corrected chi connectivity index (χ0v) is 10.6. The van der Waals surface area contributed by atoms with Gasteiger partial charge in [0.15, 0.2) is 0 Å². The molecule has 0 heterocycles. The largest absolute Gasteiger partial charge is 0.0496 e. The highest BCUT2D eigenvalue weighted by molar-refractivity contribution is 5.74. The molecular weight excluding hydrogens is 216 g/mol. The first kappa shape index (κ1) is 7.92. The van der Waals surface area contributed by atoms with Crippen LogP contribution in [-0.4, -0.2) is 0 Å². The lowest BCUT2D eigenvalue weighted by molar-refractivity contribution is -0.389. The predicted octanol–water partition coefficient (Wildman–Crippen LogP) is 3.41. The molecule has 0 radical (unpaired) electrons. The molecular formula is C18H18. The van der Waals surface area contributed by atoms with Crippen molar-refractivity contribution in [3.8, 4) is 0 Å². The third-order valence-electron chi connectivity index (χ3n) is 9.30. The van der Waals surface area contributed by atoms with E-state index in [-0.39, 0.29) is 0 Å². The summed E-state index contributed by atoms with van der Waals surface area (Å²) in [6, 6.07) is 0. The van der Waals surface area contributed by atoms with Gasteiger partial charge in [-0.25, -0.2) is 0 Å². The number of hydrogen-bond donors (Lipinski definition) is 0. The van der Waals surface area contributed by atoms with Crippen molar-refractivity contribution in [2.45, 2.75) is 25.7 Å². The fourth-order valence-electron chi connectivity index (χ4n) is 8.71. The van der Waals surface area contributed by atoms with Gasteiger partial charge in [0.05, 0.1) is 0 Å². The van der Waals surface area contributed by atoms with E-state index >= 15 is 0 Å². The average molecular weight is 234 g/mol. The molecule has 10 atom stereocenters. The molecule has 0 N–H and O–H groups in total. The summed E-state index contributed by atoms with van der Waals surface area (Å²) in [6.07, 6.45) is 6.15. The number of rotatable bonds is 0. The molecule has 0 bridgehead atoms. The molecule has 0 aromatic carbocycles. The smallest absolute Gasteiger partial charge is 0.00501 e. The van der Waals surface area contributed by atoms with E-state index in [1.807, 2.05) is 22.3 Å². The fourth-order valence-corrected chi connectivity index (χ4v) is 8.71. The quantitative estimate of drug-likeness (QED) is 0.563. The topological polar surface area (TPSA) is 0 Å². The fraction of sp³-hybridized carbons (Fsp3) is 0.778. The normalized spacial score (nSPS) is 73.3. The number of fused-ring (bicyclic) bond motifs is 17. The standard InChI is InChI=1S/C18H18/c1-2-6-5(1)9-10(6)14-13(9)17-15-11-7-3-4-8(7)12(11)16(15)18(14)17/h5-6,9-10,13-18H,1-4H2. The summed E-state index contributed by atoms with van der Waals surface area (Å²) in [7, 11) is 0. The first-order chi connectivity index (χ1) is 8.97. The zero-order valence-electron chi connectivity index (χ0n) is 10.6. The lowest BCUT2D eigenvalue weighted by Crippen LogP contribution is -2.85. The second-order valence-electron chi connectivity index (χ2n) is 8.71. The van der Waals surface area contributed by atoms with Gasteiger partial charge in [0.25, 0.3) is 0 Å². The van der Waals surface area contributed by atoms with Crippen molar-refractivity contribution in [2.75, 3.05) is 0 Å². The van der Waals surface area contributed by atoms with Gasteiger partial charge in [-0.05, 0) is 107 Å². The maximum atomic E-state index is 1.95. The Balaban J connectivity index is 1.22. The summed E-state index contributed by atoms with van der Waals surface area (Å²) in [5.74, 6) is 12.2. The molecule has 0 amide bonds. The molecule has 0 aromatic rings. The van der Waals surface area contributed by atoms with Crippen LogP contribution in [0.1, 0.15) is 25.7 Å². The van der Waals surface area contributed by atoms with Gasteiger partial charge < -0.3 is 0 Å². The second kappa shape index (κ2) is 1.91. The molecule has 5 fully saturated rings. The second-order valence-corrected chi connectivity index (χ2v) is 8.71. The van der Waals surface area contributed by atoms with E-state index in [9.17, 15) is 0 Å². The minimum absolute atomic E-state index is 1.13. The van der Waals surface area contributed by atoms with Crippen LogP contribution in [0.3, 0.4) is 0 Å². The van der Waals surface area contributed by atoms with Crippen molar-refractivity contribution in [1.82, 2.24) is 0 Å². The molecule has 5 saturated carbocycles. The molecule has 10 unspecified atom stereocenters. The Morgan fingerprint density at radius 1 is 0.556 bits per heavy atom. The van der Waals surface area contributed by atoms with Crippen LogP contribution in [0.4, 0.5) is 0 Å². The minimum atomic E-state index is 1.13. The molecule has 90 valence electrons. The molecule has 0 saturated heterocycles. The zero-order chi connectivity index (χ0) is 10.9. The summed E-state index contributed by atoms with van der Waals surface area (Å²) in [5.41, 5.74) is 7.65. The molecule has 0 aromatic heterocycles. The van der Waals surface area contributed by atoms with Gasteiger partial charge in [0.1, 0.15) is 0 Å². The van der Waals surface area contributed by atoms with Crippen molar-refractivity contribution in [3.63, 3.8) is 0 Å². The molecule has 0 heteroatoms. The van der Waals surface area contributed by atoms with Crippen LogP contribution in [0, 0.1) is 59.2 Å². The lowest BCUT2D eigenvalue weighted by atomic mass is 9.15. The van der Waals surface area contributed by atoms with Crippen LogP contribution in [0.5, 0.6) is 0 Å². The van der Waals surface area contributed by atoms with E-state index in [4.69, 9.17) is 0 Å². The highest BCUT2D eigenvalue weighted by Gasteiger charge is 2.85. The Bertz CT molecular complexity index is 580. The summed E-state index contributed by atoms with van der Waals surface area (Å²) in [5, 5.41) is 0. The van der Waals surface area contributed by atoms with Gasteiger partial charge in [0, 0.05) is 0 Å². The SMILES string of the molecule is C1CC2=C1C1=C2C2C1C1C2C2C3C4CCC4C3C12. The van der Waals surface area contributed by atoms with Crippen LogP contribution in [-0.2, 0) is 0 Å². The van der Waals surface area contributed by atoms with Gasteiger partial charge in [-0.1, -0.05) is 0 Å². The predicted molar refractivity (Wildman–Crippen MR) is 67.4 cm³/mol. The molecule has 8 aliphatic carbocycles. The summed E-state index contributed by atoms with van der Waals surface area (Å²) >= 11 is 0. The van der Waals surface area contributed by atoms with Gasteiger partial charge in [0.2, 0.25) is 0 Å². The van der Waals surface area contributed by atoms with Crippen LogP contribution in [0.15, 0.2) is 22.3 Å². The summed E-state index contributed by atoms with van der Waals surface area (Å²) in [6.45, 7) is 0. The highest BCUT2D eigenvalue weighted by atomic mass is 14.9. The Hall–Kier alpha value is -0.520. The first-order valence-corrected chi connectivity index (χ1v) is 8.43. The van der Waals surface area contributed by atoms with Crippen LogP contribution >= 0.6 is 0 Å². The van der Waals surface area contributed by atoms with Crippen LogP contribution in [0.25, 0.3) is 0 Å². The maximum Gasteiger partial charge on any atom is -0.00501 e. The molecule has 8 aliphatic rings. The average Bonchev–Trinajstić information content (AvgIpc) is 2.28. The Labute approximate surface area is 108 Å². The monoisotopic (exact) mass is 234 g/mol. The van der Waals surface area contributed by atoms with Crippen molar-refractivity contribution >= 4 is 0 Å². The molecule has 8 rings (SSSR count). The third-order valence-corrected chi connectivity index (χ3v) is 9.30. The lowest BCUT2D eigenvalue weighted by Gasteiger charge is -2.89. The Morgan fingerprint density at radius 2 is 1.06 bits per heavy atom. The summed E-state index contributed by atoms with van der Waals surface area (Å²) < 4.78 is 0. The van der Waals surface area contributed by atoms with Crippen molar-refractivity contribution in [1.29, 1.82) is 0 Å². The number of hydrogen-bond acceptors (Lipinski definition) is 0. The Morgan fingerprint density at radius 3 is 1.44 bits per heavy atom. The minimum Gasteiger partial charge on any atom is -0.0496 e. The van der Waals surface area contributed by atoms with Gasteiger partial charge in [-0.3, -0.25) is 0 Å².